The lowest BCUT2D eigenvalue weighted by Crippen LogP contribution is -2.55. The Morgan fingerprint density at radius 3 is 2.53 bits per heavy atom. The summed E-state index contributed by atoms with van der Waals surface area (Å²) in [6.45, 7) is 11.9. The molecule has 12 heteroatoms. The first kappa shape index (κ1) is 31.2. The zero-order valence-electron chi connectivity index (χ0n) is 24.6. The molecule has 226 valence electrons. The lowest BCUT2D eigenvalue weighted by atomic mass is 10.0. The molecule has 1 saturated heterocycles. The average Bonchev–Trinajstić information content (AvgIpc) is 2.98. The van der Waals surface area contributed by atoms with E-state index in [1.807, 2.05) is 25.7 Å². The molecule has 1 aliphatic rings. The molecule has 2 amide bonds. The fourth-order valence-corrected chi connectivity index (χ4v) is 5.29. The van der Waals surface area contributed by atoms with E-state index in [9.17, 15) is 23.5 Å². The Bertz CT molecular complexity index is 1610. The number of hydrogen-bond donors (Lipinski definition) is 1. The minimum atomic E-state index is -1.50. The van der Waals surface area contributed by atoms with Gasteiger partial charge in [0.15, 0.2) is 23.3 Å². The van der Waals surface area contributed by atoms with Crippen molar-refractivity contribution in [1.29, 1.82) is 0 Å². The van der Waals surface area contributed by atoms with Crippen molar-refractivity contribution in [3.8, 4) is 17.0 Å². The molecule has 3 heterocycles. The summed E-state index contributed by atoms with van der Waals surface area (Å²) in [5.41, 5.74) is 0.184. The molecule has 1 fully saturated rings. The van der Waals surface area contributed by atoms with Gasteiger partial charge < -0.3 is 14.9 Å². The molecular formula is C31H33F3N6O3. The number of anilines is 2. The summed E-state index contributed by atoms with van der Waals surface area (Å²) < 4.78 is 45.2. The molecule has 3 aromatic rings. The van der Waals surface area contributed by atoms with Crippen LogP contribution in [0, 0.1) is 24.4 Å². The summed E-state index contributed by atoms with van der Waals surface area (Å²) in [5, 5.41) is 10.4. The van der Waals surface area contributed by atoms with Gasteiger partial charge in [-0.3, -0.25) is 24.5 Å². The molecule has 2 aromatic heterocycles. The number of nitrogens with zero attached hydrogens (tertiary/aromatic N) is 6. The van der Waals surface area contributed by atoms with E-state index >= 15 is 4.39 Å². The number of carbonyl (C=O) groups excluding carboxylic acids is 2. The highest BCUT2D eigenvalue weighted by Crippen LogP contribution is 2.39. The topological polar surface area (TPSA) is 102 Å². The molecule has 4 rings (SSSR count). The third-order valence-corrected chi connectivity index (χ3v) is 7.38. The molecule has 0 radical (unpaired) electrons. The van der Waals surface area contributed by atoms with Crippen LogP contribution in [0.15, 0.2) is 48.1 Å². The van der Waals surface area contributed by atoms with Crippen LogP contribution in [-0.4, -0.2) is 75.8 Å². The molecule has 0 aliphatic carbocycles. The van der Waals surface area contributed by atoms with Crippen molar-refractivity contribution in [3.63, 3.8) is 0 Å². The number of aromatic nitrogens is 2. The van der Waals surface area contributed by atoms with Crippen LogP contribution < -0.4 is 4.90 Å². The fraction of sp³-hybridized carbons (Fsp3) is 0.323. The lowest BCUT2D eigenvalue weighted by molar-refractivity contribution is -0.128. The quantitative estimate of drug-likeness (QED) is 0.177. The summed E-state index contributed by atoms with van der Waals surface area (Å²) in [6.07, 6.45) is 3.33. The highest BCUT2D eigenvalue weighted by Gasteiger charge is 2.33. The van der Waals surface area contributed by atoms with Crippen LogP contribution in [0.4, 0.5) is 24.7 Å². The van der Waals surface area contributed by atoms with Gasteiger partial charge in [-0.1, -0.05) is 20.4 Å². The van der Waals surface area contributed by atoms with Crippen LogP contribution in [0.1, 0.15) is 43.5 Å². The van der Waals surface area contributed by atoms with Crippen molar-refractivity contribution in [2.24, 2.45) is 4.99 Å². The van der Waals surface area contributed by atoms with Gasteiger partial charge in [0.2, 0.25) is 12.3 Å². The van der Waals surface area contributed by atoms with Gasteiger partial charge in [0.05, 0.1) is 22.5 Å². The Morgan fingerprint density at radius 1 is 1.21 bits per heavy atom. The molecule has 1 aromatic carbocycles. The van der Waals surface area contributed by atoms with Gasteiger partial charge in [-0.25, -0.2) is 18.2 Å². The molecular weight excluding hydrogens is 561 g/mol. The van der Waals surface area contributed by atoms with E-state index in [4.69, 9.17) is 0 Å². The second-order valence-corrected chi connectivity index (χ2v) is 10.5. The molecule has 0 spiro atoms. The molecule has 0 bridgehead atoms. The van der Waals surface area contributed by atoms with E-state index in [0.29, 0.717) is 49.1 Å². The Hall–Kier alpha value is -4.74. The van der Waals surface area contributed by atoms with E-state index in [0.717, 1.165) is 12.1 Å². The smallest absolute Gasteiger partial charge is 0.246 e. The number of phenolic OH excluding ortho intramolecular Hbond substituents is 1. The third-order valence-electron chi connectivity index (χ3n) is 7.38. The number of aryl methyl sites for hydroxylation is 1. The van der Waals surface area contributed by atoms with Crippen molar-refractivity contribution in [1.82, 2.24) is 19.8 Å². The van der Waals surface area contributed by atoms with Crippen molar-refractivity contribution in [3.05, 3.63) is 77.4 Å². The fourth-order valence-electron chi connectivity index (χ4n) is 5.29. The van der Waals surface area contributed by atoms with Crippen LogP contribution in [0.2, 0.25) is 0 Å². The molecule has 43 heavy (non-hydrogen) atoms. The monoisotopic (exact) mass is 594 g/mol. The predicted molar refractivity (Wildman–Crippen MR) is 158 cm³/mol. The first-order valence-electron chi connectivity index (χ1n) is 13.7. The van der Waals surface area contributed by atoms with Gasteiger partial charge in [0.1, 0.15) is 17.3 Å². The number of aliphatic imine (C=N–C) groups is 1. The molecule has 1 N–H and O–H groups in total. The maximum Gasteiger partial charge on any atom is 0.246 e. The minimum Gasteiger partial charge on any atom is -0.507 e. The first-order valence-corrected chi connectivity index (χ1v) is 13.7. The van der Waals surface area contributed by atoms with E-state index in [1.165, 1.54) is 18.0 Å². The van der Waals surface area contributed by atoms with E-state index < -0.39 is 34.5 Å². The number of phenols is 1. The second-order valence-electron chi connectivity index (χ2n) is 10.5. The highest BCUT2D eigenvalue weighted by molar-refractivity contribution is 6.07. The van der Waals surface area contributed by atoms with Gasteiger partial charge in [-0.15, -0.1) is 0 Å². The van der Waals surface area contributed by atoms with Crippen LogP contribution >= 0.6 is 0 Å². The molecule has 1 atom stereocenters. The van der Waals surface area contributed by atoms with Gasteiger partial charge in [0.25, 0.3) is 0 Å². The number of amidine groups is 1. The predicted octanol–water partition coefficient (Wildman–Crippen LogP) is 5.09. The number of amides is 2. The summed E-state index contributed by atoms with van der Waals surface area (Å²) in [5.74, 6) is -4.86. The standard InChI is InChI=1S/C31H33F3N6O3/c1-7-24(43)38-12-13-39(19(5)15-38)30(35-6)20-14-22(33)28(25-23(42)9-8-21(32)26(25)34)37-31(20)40(16-41)29-18(4)10-11-36-27(29)17(2)3/h7-11,14,16-17,19,42H,1,12-13,15H2,2-6H3. The number of carbonyl (C=O) groups is 2. The van der Waals surface area contributed by atoms with Crippen LogP contribution in [0.3, 0.4) is 0 Å². The summed E-state index contributed by atoms with van der Waals surface area (Å²) in [7, 11) is 1.50. The molecule has 0 saturated carbocycles. The third kappa shape index (κ3) is 5.81. The van der Waals surface area contributed by atoms with Crippen molar-refractivity contribution < 1.29 is 27.9 Å². The number of rotatable bonds is 7. The maximum absolute atomic E-state index is 15.9. The lowest BCUT2D eigenvalue weighted by Gasteiger charge is -2.41. The average molecular weight is 595 g/mol. The summed E-state index contributed by atoms with van der Waals surface area (Å²) in [4.78, 5) is 43.1. The summed E-state index contributed by atoms with van der Waals surface area (Å²) in [6, 6.07) is 4.06. The highest BCUT2D eigenvalue weighted by atomic mass is 19.2. The maximum atomic E-state index is 15.9. The van der Waals surface area contributed by atoms with Crippen LogP contribution in [0.25, 0.3) is 11.3 Å². The number of piperazine rings is 1. The second kappa shape index (κ2) is 12.6. The van der Waals surface area contributed by atoms with Crippen molar-refractivity contribution in [2.45, 2.75) is 39.7 Å². The van der Waals surface area contributed by atoms with Crippen LogP contribution in [-0.2, 0) is 9.59 Å². The number of aromatic hydroxyl groups is 1. The van der Waals surface area contributed by atoms with Crippen LogP contribution in [0.5, 0.6) is 5.75 Å². The molecule has 1 unspecified atom stereocenters. The SMILES string of the molecule is C=CC(=O)N1CCN(C(=NC)c2cc(F)c(-c3c(O)ccc(F)c3F)nc2N(C=O)c2c(C)ccnc2C(C)C)C(C)C1. The van der Waals surface area contributed by atoms with Crippen molar-refractivity contribution >= 4 is 29.7 Å². The number of benzene rings is 1. The largest absolute Gasteiger partial charge is 0.507 e. The zero-order chi connectivity index (χ0) is 31.6. The van der Waals surface area contributed by atoms with E-state index in [1.54, 1.807) is 24.1 Å². The van der Waals surface area contributed by atoms with E-state index in [-0.39, 0.29) is 35.1 Å². The minimum absolute atomic E-state index is 0.0838. The molecule has 1 aliphatic heterocycles. The number of hydrogen-bond acceptors (Lipinski definition) is 6. The van der Waals surface area contributed by atoms with Crippen molar-refractivity contribution in [2.75, 3.05) is 31.6 Å². The van der Waals surface area contributed by atoms with Gasteiger partial charge in [-0.05, 0) is 55.7 Å². The number of halogens is 3. The normalized spacial score (nSPS) is 15.6. The van der Waals surface area contributed by atoms with Gasteiger partial charge in [-0.2, -0.15) is 0 Å². The molecule has 9 nitrogen and oxygen atoms in total. The summed E-state index contributed by atoms with van der Waals surface area (Å²) >= 11 is 0. The Labute approximate surface area is 248 Å². The Balaban J connectivity index is 2.00. The van der Waals surface area contributed by atoms with Gasteiger partial charge in [0, 0.05) is 38.9 Å². The Kier molecular flexibility index (Phi) is 9.17. The Morgan fingerprint density at radius 2 is 1.93 bits per heavy atom. The number of pyridine rings is 2. The first-order chi connectivity index (χ1) is 20.4. The van der Waals surface area contributed by atoms with E-state index in [2.05, 4.69) is 21.5 Å². The van der Waals surface area contributed by atoms with Gasteiger partial charge >= 0.3 is 0 Å². The zero-order valence-corrected chi connectivity index (χ0v) is 24.6.